The van der Waals surface area contributed by atoms with Gasteiger partial charge in [-0.25, -0.2) is 0 Å². The van der Waals surface area contributed by atoms with E-state index >= 15 is 0 Å². The largest absolute Gasteiger partial charge is 0.196 e. The van der Waals surface area contributed by atoms with Crippen molar-refractivity contribution in [1.29, 1.82) is 0 Å². The minimum atomic E-state index is -0.420. The molecule has 0 unspecified atom stereocenters. The zero-order chi connectivity index (χ0) is 11.7. The molecular weight excluding hydrogens is 188 g/mol. The standard InChI is InChI=1S/C11H22N4/c1-9(2,3)7-11(8-10(4,5)6)12-14-15-13-11/h7-8H2,1-6H3. The number of hydrogen-bond donors (Lipinski definition) is 0. The van der Waals surface area contributed by atoms with Gasteiger partial charge < -0.3 is 0 Å². The van der Waals surface area contributed by atoms with Crippen molar-refractivity contribution < 1.29 is 0 Å². The molecule has 0 N–H and O–H groups in total. The first-order chi connectivity index (χ1) is 6.62. The third-order valence-electron chi connectivity index (χ3n) is 2.13. The zero-order valence-electron chi connectivity index (χ0n) is 10.7. The van der Waals surface area contributed by atoms with Crippen molar-refractivity contribution >= 4 is 0 Å². The predicted molar refractivity (Wildman–Crippen MR) is 60.6 cm³/mol. The summed E-state index contributed by atoms with van der Waals surface area (Å²) < 4.78 is 0. The van der Waals surface area contributed by atoms with E-state index in [-0.39, 0.29) is 10.8 Å². The van der Waals surface area contributed by atoms with Gasteiger partial charge in [0.25, 0.3) is 0 Å². The van der Waals surface area contributed by atoms with Gasteiger partial charge in [-0.05, 0) is 21.3 Å². The zero-order valence-corrected chi connectivity index (χ0v) is 10.7. The first-order valence-corrected chi connectivity index (χ1v) is 5.46. The Kier molecular flexibility index (Phi) is 2.99. The summed E-state index contributed by atoms with van der Waals surface area (Å²) in [4.78, 5) is 0. The lowest BCUT2D eigenvalue weighted by Crippen LogP contribution is -2.32. The summed E-state index contributed by atoms with van der Waals surface area (Å²) >= 11 is 0. The highest BCUT2D eigenvalue weighted by Gasteiger charge is 2.40. The van der Waals surface area contributed by atoms with Crippen molar-refractivity contribution in [1.82, 2.24) is 0 Å². The van der Waals surface area contributed by atoms with Crippen molar-refractivity contribution in [2.24, 2.45) is 31.5 Å². The van der Waals surface area contributed by atoms with Crippen LogP contribution in [0.15, 0.2) is 20.7 Å². The van der Waals surface area contributed by atoms with Crippen LogP contribution in [0.3, 0.4) is 0 Å². The van der Waals surface area contributed by atoms with Crippen molar-refractivity contribution in [2.45, 2.75) is 60.0 Å². The predicted octanol–water partition coefficient (Wildman–Crippen LogP) is 4.39. The third kappa shape index (κ3) is 4.06. The molecule has 4 nitrogen and oxygen atoms in total. The SMILES string of the molecule is CC(C)(C)CC1(CC(C)(C)C)N=NN=N1. The van der Waals surface area contributed by atoms with Gasteiger partial charge in [0.1, 0.15) is 0 Å². The molecule has 15 heavy (non-hydrogen) atoms. The average Bonchev–Trinajstić information content (AvgIpc) is 2.27. The first kappa shape index (κ1) is 12.3. The highest BCUT2D eigenvalue weighted by molar-refractivity contribution is 4.92. The van der Waals surface area contributed by atoms with Crippen LogP contribution in [0.2, 0.25) is 0 Å². The van der Waals surface area contributed by atoms with Crippen LogP contribution in [0.4, 0.5) is 0 Å². The van der Waals surface area contributed by atoms with Crippen LogP contribution in [0.1, 0.15) is 54.4 Å². The summed E-state index contributed by atoms with van der Waals surface area (Å²) in [6, 6.07) is 0. The molecule has 0 aromatic heterocycles. The molecule has 0 aliphatic carbocycles. The first-order valence-electron chi connectivity index (χ1n) is 5.46. The van der Waals surface area contributed by atoms with Crippen LogP contribution < -0.4 is 0 Å². The molecule has 0 radical (unpaired) electrons. The number of hydrogen-bond acceptors (Lipinski definition) is 4. The third-order valence-corrected chi connectivity index (χ3v) is 2.13. The monoisotopic (exact) mass is 210 g/mol. The molecule has 86 valence electrons. The second-order valence-electron chi connectivity index (χ2n) is 6.84. The Labute approximate surface area is 92.2 Å². The fraction of sp³-hybridized carbons (Fsp3) is 1.00. The summed E-state index contributed by atoms with van der Waals surface area (Å²) in [6.07, 6.45) is 1.79. The number of nitrogens with zero attached hydrogens (tertiary/aromatic N) is 4. The molecule has 0 atom stereocenters. The fourth-order valence-corrected chi connectivity index (χ4v) is 2.13. The Morgan fingerprint density at radius 1 is 0.733 bits per heavy atom. The Bertz CT molecular complexity index is 248. The van der Waals surface area contributed by atoms with Crippen LogP contribution in [-0.2, 0) is 0 Å². The maximum atomic E-state index is 4.23. The molecule has 1 heterocycles. The second-order valence-corrected chi connectivity index (χ2v) is 6.84. The summed E-state index contributed by atoms with van der Waals surface area (Å²) in [7, 11) is 0. The van der Waals surface area contributed by atoms with E-state index < -0.39 is 5.66 Å². The van der Waals surface area contributed by atoms with Gasteiger partial charge in [-0.3, -0.25) is 0 Å². The van der Waals surface area contributed by atoms with Crippen molar-refractivity contribution in [2.75, 3.05) is 0 Å². The molecule has 0 saturated carbocycles. The molecule has 0 fully saturated rings. The van der Waals surface area contributed by atoms with Crippen molar-refractivity contribution in [3.63, 3.8) is 0 Å². The van der Waals surface area contributed by atoms with Gasteiger partial charge in [-0.2, -0.15) is 0 Å². The Morgan fingerprint density at radius 3 is 1.33 bits per heavy atom. The molecule has 0 saturated heterocycles. The van der Waals surface area contributed by atoms with E-state index in [4.69, 9.17) is 0 Å². The van der Waals surface area contributed by atoms with E-state index in [2.05, 4.69) is 62.2 Å². The summed E-state index contributed by atoms with van der Waals surface area (Å²) in [6.45, 7) is 13.2. The molecule has 0 aromatic carbocycles. The van der Waals surface area contributed by atoms with Crippen LogP contribution >= 0.6 is 0 Å². The minimum absolute atomic E-state index is 0.188. The maximum Gasteiger partial charge on any atom is 0.196 e. The molecule has 0 amide bonds. The van der Waals surface area contributed by atoms with Gasteiger partial charge in [0, 0.05) is 12.8 Å². The minimum Gasteiger partial charge on any atom is -0.135 e. The van der Waals surface area contributed by atoms with Gasteiger partial charge in [-0.15, -0.1) is 10.2 Å². The van der Waals surface area contributed by atoms with E-state index in [1.165, 1.54) is 0 Å². The van der Waals surface area contributed by atoms with Gasteiger partial charge in [0.2, 0.25) is 0 Å². The van der Waals surface area contributed by atoms with Gasteiger partial charge >= 0.3 is 0 Å². The van der Waals surface area contributed by atoms with Crippen molar-refractivity contribution in [3.8, 4) is 0 Å². The summed E-state index contributed by atoms with van der Waals surface area (Å²) in [5, 5.41) is 15.8. The van der Waals surface area contributed by atoms with Gasteiger partial charge in [0.05, 0.1) is 0 Å². The lowest BCUT2D eigenvalue weighted by Gasteiger charge is -2.32. The smallest absolute Gasteiger partial charge is 0.135 e. The number of rotatable bonds is 2. The highest BCUT2D eigenvalue weighted by atomic mass is 15.6. The van der Waals surface area contributed by atoms with Crippen LogP contribution in [0.5, 0.6) is 0 Å². The average molecular weight is 210 g/mol. The van der Waals surface area contributed by atoms with E-state index in [0.717, 1.165) is 12.8 Å². The lowest BCUT2D eigenvalue weighted by molar-refractivity contribution is 0.190. The normalized spacial score (nSPS) is 19.9. The molecular formula is C11H22N4. The molecule has 1 aliphatic rings. The van der Waals surface area contributed by atoms with E-state index in [1.54, 1.807) is 0 Å². The summed E-state index contributed by atoms with van der Waals surface area (Å²) in [5.41, 5.74) is -0.0439. The van der Waals surface area contributed by atoms with Crippen LogP contribution in [0, 0.1) is 10.8 Å². The molecule has 1 aliphatic heterocycles. The van der Waals surface area contributed by atoms with Gasteiger partial charge in [0.15, 0.2) is 5.66 Å². The quantitative estimate of drug-likeness (QED) is 0.649. The van der Waals surface area contributed by atoms with Crippen molar-refractivity contribution in [3.05, 3.63) is 0 Å². The summed E-state index contributed by atoms with van der Waals surface area (Å²) in [5.74, 6) is 0. The van der Waals surface area contributed by atoms with Gasteiger partial charge in [-0.1, -0.05) is 41.5 Å². The van der Waals surface area contributed by atoms with Crippen LogP contribution in [-0.4, -0.2) is 5.66 Å². The molecule has 1 rings (SSSR count). The Balaban J connectivity index is 2.82. The molecule has 0 bridgehead atoms. The fourth-order valence-electron chi connectivity index (χ4n) is 2.13. The maximum absolute atomic E-state index is 4.23. The second kappa shape index (κ2) is 3.65. The van der Waals surface area contributed by atoms with E-state index in [0.29, 0.717) is 0 Å². The van der Waals surface area contributed by atoms with E-state index in [9.17, 15) is 0 Å². The topological polar surface area (TPSA) is 49.4 Å². The van der Waals surface area contributed by atoms with Crippen LogP contribution in [0.25, 0.3) is 0 Å². The molecule has 0 spiro atoms. The Hall–Kier alpha value is -0.800. The molecule has 0 aromatic rings. The van der Waals surface area contributed by atoms with E-state index in [1.807, 2.05) is 0 Å². The molecule has 4 heteroatoms. The Morgan fingerprint density at radius 2 is 1.07 bits per heavy atom. The lowest BCUT2D eigenvalue weighted by atomic mass is 9.77. The highest BCUT2D eigenvalue weighted by Crippen LogP contribution is 2.41.